The molecule has 19 heavy (non-hydrogen) atoms. The monoisotopic (exact) mass is 343 g/mol. The van der Waals surface area contributed by atoms with Crippen LogP contribution in [-0.2, 0) is 6.54 Å². The second kappa shape index (κ2) is 6.25. The van der Waals surface area contributed by atoms with Crippen LogP contribution in [0.3, 0.4) is 0 Å². The Kier molecular flexibility index (Phi) is 4.65. The van der Waals surface area contributed by atoms with Crippen molar-refractivity contribution in [1.82, 2.24) is 19.1 Å². The first-order valence-corrected chi connectivity index (χ1v) is 7.46. The van der Waals surface area contributed by atoms with E-state index in [9.17, 15) is 4.79 Å². The second-order valence-electron chi connectivity index (χ2n) is 4.05. The van der Waals surface area contributed by atoms with Gasteiger partial charge < -0.3 is 5.32 Å². The van der Waals surface area contributed by atoms with Crippen LogP contribution in [-0.4, -0.2) is 25.7 Å². The minimum Gasteiger partial charge on any atom is -0.374 e. The highest BCUT2D eigenvalue weighted by Crippen LogP contribution is 2.18. The van der Waals surface area contributed by atoms with Gasteiger partial charge in [-0.25, -0.2) is 4.98 Å². The van der Waals surface area contributed by atoms with Gasteiger partial charge in [-0.05, 0) is 29.3 Å². The van der Waals surface area contributed by atoms with Gasteiger partial charge in [0.2, 0.25) is 0 Å². The maximum absolute atomic E-state index is 12.1. The van der Waals surface area contributed by atoms with Gasteiger partial charge in [0, 0.05) is 18.1 Å². The number of nitrogens with zero attached hydrogens (tertiary/aromatic N) is 4. The predicted molar refractivity (Wildman–Crippen MR) is 78.7 cm³/mol. The number of rotatable bonds is 5. The molecule has 0 aliphatic rings. The van der Waals surface area contributed by atoms with Crippen molar-refractivity contribution < 1.29 is 0 Å². The Hall–Kier alpha value is -1.28. The summed E-state index contributed by atoms with van der Waals surface area (Å²) in [5.74, 6) is 0. The normalized spacial score (nSPS) is 10.7. The summed E-state index contributed by atoms with van der Waals surface area (Å²) in [6.45, 7) is 5.11. The number of hydrogen-bond acceptors (Lipinski definition) is 6. The summed E-state index contributed by atoms with van der Waals surface area (Å²) >= 11 is 4.55. The molecule has 0 fully saturated rings. The molecule has 102 valence electrons. The second-order valence-corrected chi connectivity index (χ2v) is 5.60. The van der Waals surface area contributed by atoms with E-state index in [1.165, 1.54) is 22.4 Å². The maximum Gasteiger partial charge on any atom is 0.268 e. The Morgan fingerprint density at radius 3 is 3.05 bits per heavy atom. The van der Waals surface area contributed by atoms with Gasteiger partial charge in [-0.2, -0.15) is 0 Å². The zero-order valence-corrected chi connectivity index (χ0v) is 13.1. The molecule has 0 bridgehead atoms. The highest BCUT2D eigenvalue weighted by Gasteiger charge is 2.11. The van der Waals surface area contributed by atoms with Crippen molar-refractivity contribution in [3.05, 3.63) is 32.5 Å². The number of halogens is 1. The summed E-state index contributed by atoms with van der Waals surface area (Å²) < 4.78 is 5.93. The van der Waals surface area contributed by atoms with E-state index in [0.29, 0.717) is 16.7 Å². The van der Waals surface area contributed by atoms with Crippen LogP contribution in [0.15, 0.2) is 15.6 Å². The number of hydrogen-bond donors (Lipinski definition) is 1. The molecule has 0 radical (unpaired) electrons. The van der Waals surface area contributed by atoms with E-state index in [1.807, 2.05) is 0 Å². The molecule has 2 aromatic heterocycles. The van der Waals surface area contributed by atoms with Gasteiger partial charge in [0.1, 0.15) is 15.2 Å². The topological polar surface area (TPSA) is 72.7 Å². The number of anilines is 1. The third-order valence-corrected chi connectivity index (χ3v) is 4.21. The average molecular weight is 344 g/mol. The molecule has 0 saturated heterocycles. The van der Waals surface area contributed by atoms with Crippen LogP contribution < -0.4 is 10.9 Å². The fourth-order valence-corrected chi connectivity index (χ4v) is 2.43. The van der Waals surface area contributed by atoms with E-state index in [4.69, 9.17) is 0 Å². The largest absolute Gasteiger partial charge is 0.374 e. The van der Waals surface area contributed by atoms with Gasteiger partial charge in [0.05, 0.1) is 18.6 Å². The molecule has 0 atom stereocenters. The van der Waals surface area contributed by atoms with Gasteiger partial charge >= 0.3 is 0 Å². The molecule has 0 unspecified atom stereocenters. The highest BCUT2D eigenvalue weighted by molar-refractivity contribution is 9.10. The van der Waals surface area contributed by atoms with Crippen LogP contribution in [0.2, 0.25) is 0 Å². The van der Waals surface area contributed by atoms with Crippen LogP contribution in [0.4, 0.5) is 5.00 Å². The number of nitrogens with one attached hydrogen (secondary N) is 1. The molecule has 2 aromatic rings. The molecule has 6 nitrogen and oxygen atoms in total. The zero-order chi connectivity index (χ0) is 13.8. The van der Waals surface area contributed by atoms with Gasteiger partial charge in [-0.15, -0.1) is 5.10 Å². The predicted octanol–water partition coefficient (Wildman–Crippen LogP) is 2.04. The van der Waals surface area contributed by atoms with Crippen molar-refractivity contribution in [1.29, 1.82) is 0 Å². The third-order valence-electron chi connectivity index (χ3n) is 2.57. The van der Waals surface area contributed by atoms with E-state index in [2.05, 4.69) is 42.7 Å². The molecular formula is C11H14BrN5OS. The van der Waals surface area contributed by atoms with Crippen LogP contribution in [0.1, 0.15) is 24.7 Å². The fraction of sp³-hybridized carbons (Fsp3) is 0.455. The van der Waals surface area contributed by atoms with Crippen molar-refractivity contribution >= 4 is 32.5 Å². The first-order valence-electron chi connectivity index (χ1n) is 5.90. The Morgan fingerprint density at radius 1 is 1.53 bits per heavy atom. The molecule has 0 aromatic carbocycles. The lowest BCUT2D eigenvalue weighted by atomic mass is 10.4. The Labute approximate surface area is 123 Å². The van der Waals surface area contributed by atoms with Crippen molar-refractivity contribution in [2.45, 2.75) is 26.8 Å². The summed E-state index contributed by atoms with van der Waals surface area (Å²) in [4.78, 5) is 16.2. The standard InChI is InChI=1S/C11H14BrN5OS/c1-3-4-13-10-8(15-16-19-10)5-17-6-14-7(2)9(12)11(17)18/h6,13H,3-5H2,1-2H3. The van der Waals surface area contributed by atoms with Gasteiger partial charge in [0.25, 0.3) is 5.56 Å². The van der Waals surface area contributed by atoms with E-state index < -0.39 is 0 Å². The van der Waals surface area contributed by atoms with Crippen LogP contribution in [0, 0.1) is 6.92 Å². The molecular weight excluding hydrogens is 330 g/mol. The van der Waals surface area contributed by atoms with Gasteiger partial charge in [-0.1, -0.05) is 11.4 Å². The number of aromatic nitrogens is 4. The Balaban J connectivity index is 2.25. The first kappa shape index (κ1) is 14.1. The molecule has 0 aliphatic heterocycles. The molecule has 8 heteroatoms. The van der Waals surface area contributed by atoms with Gasteiger partial charge in [0.15, 0.2) is 0 Å². The maximum atomic E-state index is 12.1. The highest BCUT2D eigenvalue weighted by atomic mass is 79.9. The molecule has 2 heterocycles. The lowest BCUT2D eigenvalue weighted by Crippen LogP contribution is -2.23. The first-order chi connectivity index (χ1) is 9.13. The van der Waals surface area contributed by atoms with Crippen LogP contribution >= 0.6 is 27.5 Å². The molecule has 0 amide bonds. The molecule has 1 N–H and O–H groups in total. The van der Waals surface area contributed by atoms with E-state index in [1.54, 1.807) is 6.92 Å². The minimum absolute atomic E-state index is 0.109. The van der Waals surface area contributed by atoms with E-state index >= 15 is 0 Å². The average Bonchev–Trinajstić information content (AvgIpc) is 2.84. The van der Waals surface area contributed by atoms with E-state index in [-0.39, 0.29) is 5.56 Å². The summed E-state index contributed by atoms with van der Waals surface area (Å²) in [6, 6.07) is 0. The quantitative estimate of drug-likeness (QED) is 0.899. The van der Waals surface area contributed by atoms with Crippen LogP contribution in [0.25, 0.3) is 0 Å². The molecule has 2 rings (SSSR count). The molecule has 0 aliphatic carbocycles. The minimum atomic E-state index is -0.109. The molecule has 0 saturated carbocycles. The van der Waals surface area contributed by atoms with Crippen LogP contribution in [0.5, 0.6) is 0 Å². The van der Waals surface area contributed by atoms with Crippen molar-refractivity contribution in [3.8, 4) is 0 Å². The fourth-order valence-electron chi connectivity index (χ4n) is 1.51. The Morgan fingerprint density at radius 2 is 2.32 bits per heavy atom. The van der Waals surface area contributed by atoms with Crippen molar-refractivity contribution in [2.24, 2.45) is 0 Å². The summed E-state index contributed by atoms with van der Waals surface area (Å²) in [7, 11) is 0. The third kappa shape index (κ3) is 3.19. The summed E-state index contributed by atoms with van der Waals surface area (Å²) in [6.07, 6.45) is 2.56. The van der Waals surface area contributed by atoms with Crippen molar-refractivity contribution in [2.75, 3.05) is 11.9 Å². The molecule has 0 spiro atoms. The smallest absolute Gasteiger partial charge is 0.268 e. The summed E-state index contributed by atoms with van der Waals surface area (Å²) in [5, 5.41) is 8.22. The number of aryl methyl sites for hydroxylation is 1. The zero-order valence-electron chi connectivity index (χ0n) is 10.7. The van der Waals surface area contributed by atoms with E-state index in [0.717, 1.165) is 23.7 Å². The van der Waals surface area contributed by atoms with Crippen molar-refractivity contribution in [3.63, 3.8) is 0 Å². The SMILES string of the molecule is CCCNc1snnc1Cn1cnc(C)c(Br)c1=O. The lowest BCUT2D eigenvalue weighted by Gasteiger charge is -2.07. The summed E-state index contributed by atoms with van der Waals surface area (Å²) in [5.41, 5.74) is 1.34. The van der Waals surface area contributed by atoms with Gasteiger partial charge in [-0.3, -0.25) is 9.36 Å². The lowest BCUT2D eigenvalue weighted by molar-refractivity contribution is 0.706. The Bertz CT molecular complexity index is 624.